The van der Waals surface area contributed by atoms with Crippen molar-refractivity contribution >= 4 is 17.5 Å². The molecule has 0 fully saturated rings. The van der Waals surface area contributed by atoms with Gasteiger partial charge in [0, 0.05) is 28.4 Å². The number of carbonyl (C=O) groups excluding carboxylic acids is 1. The van der Waals surface area contributed by atoms with Gasteiger partial charge in [-0.3, -0.25) is 15.1 Å². The molecule has 2 heterocycles. The lowest BCUT2D eigenvalue weighted by atomic mass is 9.92. The molecule has 0 saturated carbocycles. The molecule has 1 aromatic carbocycles. The molecule has 0 atom stereocenters. The van der Waals surface area contributed by atoms with Gasteiger partial charge in [-0.05, 0) is 37.6 Å². The van der Waals surface area contributed by atoms with Crippen LogP contribution in [0, 0.1) is 6.92 Å². The molecule has 0 radical (unpaired) electrons. The molecular weight excluding hydrogens is 396 g/mol. The van der Waals surface area contributed by atoms with Crippen molar-refractivity contribution < 1.29 is 9.53 Å². The van der Waals surface area contributed by atoms with Crippen LogP contribution < -0.4 is 20.9 Å². The second kappa shape index (κ2) is 8.63. The van der Waals surface area contributed by atoms with E-state index < -0.39 is 6.03 Å². The molecule has 31 heavy (non-hydrogen) atoms. The van der Waals surface area contributed by atoms with E-state index >= 15 is 0 Å². The van der Waals surface area contributed by atoms with E-state index in [9.17, 15) is 9.59 Å². The maximum Gasteiger partial charge on any atom is 0.324 e. The maximum absolute atomic E-state index is 12.6. The number of H-pyrrole nitrogens is 1. The van der Waals surface area contributed by atoms with E-state index in [4.69, 9.17) is 4.74 Å². The summed E-state index contributed by atoms with van der Waals surface area (Å²) in [6, 6.07) is 8.31. The number of rotatable bonds is 5. The third kappa shape index (κ3) is 4.93. The Hall–Kier alpha value is -3.62. The second-order valence-corrected chi connectivity index (χ2v) is 8.19. The number of hydrogen-bond donors (Lipinski definition) is 3. The fourth-order valence-electron chi connectivity index (χ4n) is 3.06. The predicted molar refractivity (Wildman–Crippen MR) is 120 cm³/mol. The summed E-state index contributed by atoms with van der Waals surface area (Å²) < 4.78 is 6.58. The van der Waals surface area contributed by atoms with Gasteiger partial charge in [0.15, 0.2) is 0 Å². The summed E-state index contributed by atoms with van der Waals surface area (Å²) in [7, 11) is 1.58. The Bertz CT molecular complexity index is 1140. The van der Waals surface area contributed by atoms with E-state index in [1.54, 1.807) is 44.4 Å². The first-order valence-electron chi connectivity index (χ1n) is 10.0. The van der Waals surface area contributed by atoms with Gasteiger partial charge < -0.3 is 10.1 Å². The van der Waals surface area contributed by atoms with Gasteiger partial charge in [-0.1, -0.05) is 27.7 Å². The third-order valence-electron chi connectivity index (χ3n) is 4.83. The van der Waals surface area contributed by atoms with E-state index in [1.165, 1.54) is 4.68 Å². The van der Waals surface area contributed by atoms with Gasteiger partial charge in [-0.15, -0.1) is 0 Å². The normalized spacial score (nSPS) is 11.3. The van der Waals surface area contributed by atoms with Crippen LogP contribution in [0.1, 0.15) is 44.6 Å². The van der Waals surface area contributed by atoms with Crippen LogP contribution in [0.4, 0.5) is 16.3 Å². The lowest BCUT2D eigenvalue weighted by Gasteiger charge is -2.14. The number of anilines is 2. The van der Waals surface area contributed by atoms with Gasteiger partial charge in [-0.2, -0.15) is 9.78 Å². The van der Waals surface area contributed by atoms with Crippen molar-refractivity contribution in [1.82, 2.24) is 19.7 Å². The van der Waals surface area contributed by atoms with Crippen LogP contribution >= 0.6 is 0 Å². The standard InChI is InChI=1S/C22H28N6O3/c1-7-16-13(2)23-20(26-19(16)29)28-18(12-17(27-28)22(3,4)5)25-21(30)24-14-8-10-15(31-6)11-9-14/h8-12H,7H2,1-6H3,(H,23,26,29)(H2,24,25,30). The minimum atomic E-state index is -0.448. The first-order chi connectivity index (χ1) is 14.6. The smallest absolute Gasteiger partial charge is 0.324 e. The summed E-state index contributed by atoms with van der Waals surface area (Å²) in [5.41, 5.74) is 2.11. The van der Waals surface area contributed by atoms with Crippen molar-refractivity contribution in [2.24, 2.45) is 0 Å². The Labute approximate surface area is 180 Å². The van der Waals surface area contributed by atoms with Crippen LogP contribution in [0.15, 0.2) is 35.1 Å². The number of aromatic amines is 1. The van der Waals surface area contributed by atoms with Crippen molar-refractivity contribution in [2.75, 3.05) is 17.7 Å². The summed E-state index contributed by atoms with van der Waals surface area (Å²) in [4.78, 5) is 32.3. The number of ether oxygens (including phenoxy) is 1. The van der Waals surface area contributed by atoms with Crippen LogP contribution in [0.3, 0.4) is 0 Å². The summed E-state index contributed by atoms with van der Waals surface area (Å²) in [5, 5.41) is 10.2. The molecule has 2 amide bonds. The molecule has 0 unspecified atom stereocenters. The molecule has 0 spiro atoms. The number of benzene rings is 1. The number of carbonyl (C=O) groups is 1. The van der Waals surface area contributed by atoms with Crippen LogP contribution in [0.5, 0.6) is 5.75 Å². The van der Waals surface area contributed by atoms with Crippen LogP contribution in [0.2, 0.25) is 0 Å². The zero-order valence-electron chi connectivity index (χ0n) is 18.7. The number of nitrogens with one attached hydrogen (secondary N) is 3. The molecule has 9 heteroatoms. The fourth-order valence-corrected chi connectivity index (χ4v) is 3.06. The summed E-state index contributed by atoms with van der Waals surface area (Å²) in [5.74, 6) is 1.33. The number of urea groups is 1. The minimum Gasteiger partial charge on any atom is -0.497 e. The Morgan fingerprint density at radius 2 is 1.87 bits per heavy atom. The zero-order chi connectivity index (χ0) is 22.8. The lowest BCUT2D eigenvalue weighted by Crippen LogP contribution is -2.24. The highest BCUT2D eigenvalue weighted by atomic mass is 16.5. The van der Waals surface area contributed by atoms with E-state index in [1.807, 2.05) is 27.7 Å². The number of hydrogen-bond acceptors (Lipinski definition) is 5. The number of aryl methyl sites for hydroxylation is 1. The molecule has 9 nitrogen and oxygen atoms in total. The molecule has 0 aliphatic rings. The Kier molecular flexibility index (Phi) is 6.14. The highest BCUT2D eigenvalue weighted by molar-refractivity contribution is 5.99. The van der Waals surface area contributed by atoms with Gasteiger partial charge >= 0.3 is 6.03 Å². The van der Waals surface area contributed by atoms with E-state index in [2.05, 4.69) is 25.7 Å². The zero-order valence-corrected chi connectivity index (χ0v) is 18.7. The average molecular weight is 425 g/mol. The number of aromatic nitrogens is 4. The molecular formula is C22H28N6O3. The Morgan fingerprint density at radius 1 is 1.19 bits per heavy atom. The molecule has 3 aromatic rings. The largest absolute Gasteiger partial charge is 0.497 e. The van der Waals surface area contributed by atoms with Gasteiger partial charge in [-0.25, -0.2) is 9.78 Å². The molecule has 3 rings (SSSR count). The fraction of sp³-hybridized carbons (Fsp3) is 0.364. The quantitative estimate of drug-likeness (QED) is 0.577. The van der Waals surface area contributed by atoms with Crippen LogP contribution in [-0.4, -0.2) is 32.9 Å². The number of amides is 2. The predicted octanol–water partition coefficient (Wildman–Crippen LogP) is 3.78. The van der Waals surface area contributed by atoms with Crippen molar-refractivity contribution in [3.8, 4) is 11.7 Å². The van der Waals surface area contributed by atoms with Gasteiger partial charge in [0.1, 0.15) is 11.6 Å². The van der Waals surface area contributed by atoms with Crippen molar-refractivity contribution in [1.29, 1.82) is 0 Å². The number of nitrogens with zero attached hydrogens (tertiary/aromatic N) is 3. The summed E-state index contributed by atoms with van der Waals surface area (Å²) in [6.45, 7) is 9.74. The van der Waals surface area contributed by atoms with E-state index in [-0.39, 0.29) is 16.9 Å². The number of methoxy groups -OCH3 is 1. The molecule has 0 saturated heterocycles. The van der Waals surface area contributed by atoms with Crippen molar-refractivity contribution in [2.45, 2.75) is 46.5 Å². The SMILES string of the molecule is CCc1c(C)nc(-n2nc(C(C)(C)C)cc2NC(=O)Nc2ccc(OC)cc2)[nH]c1=O. The van der Waals surface area contributed by atoms with E-state index in [0.717, 1.165) is 5.69 Å². The highest BCUT2D eigenvalue weighted by Crippen LogP contribution is 2.25. The maximum atomic E-state index is 12.6. The molecule has 0 aliphatic heterocycles. The first kappa shape index (κ1) is 22.1. The van der Waals surface area contributed by atoms with Crippen molar-refractivity contribution in [3.63, 3.8) is 0 Å². The lowest BCUT2D eigenvalue weighted by molar-refractivity contribution is 0.262. The monoisotopic (exact) mass is 424 g/mol. The highest BCUT2D eigenvalue weighted by Gasteiger charge is 2.23. The van der Waals surface area contributed by atoms with Crippen molar-refractivity contribution in [3.05, 3.63) is 57.6 Å². The molecule has 164 valence electrons. The molecule has 0 aliphatic carbocycles. The average Bonchev–Trinajstić information content (AvgIpc) is 3.12. The summed E-state index contributed by atoms with van der Waals surface area (Å²) in [6.07, 6.45) is 0.580. The first-order valence-corrected chi connectivity index (χ1v) is 10.0. The Morgan fingerprint density at radius 3 is 2.42 bits per heavy atom. The Balaban J connectivity index is 1.94. The molecule has 2 aromatic heterocycles. The van der Waals surface area contributed by atoms with E-state index in [0.29, 0.717) is 34.9 Å². The minimum absolute atomic E-state index is 0.216. The van der Waals surface area contributed by atoms with Crippen LogP contribution in [0.25, 0.3) is 5.95 Å². The van der Waals surface area contributed by atoms with Crippen LogP contribution in [-0.2, 0) is 11.8 Å². The molecule has 0 bridgehead atoms. The second-order valence-electron chi connectivity index (χ2n) is 8.19. The van der Waals surface area contributed by atoms with Gasteiger partial charge in [0.2, 0.25) is 5.95 Å². The third-order valence-corrected chi connectivity index (χ3v) is 4.83. The summed E-state index contributed by atoms with van der Waals surface area (Å²) >= 11 is 0. The van der Waals surface area contributed by atoms with Gasteiger partial charge in [0.25, 0.3) is 5.56 Å². The topological polar surface area (TPSA) is 114 Å². The molecule has 3 N–H and O–H groups in total. The van der Waals surface area contributed by atoms with Gasteiger partial charge in [0.05, 0.1) is 12.8 Å².